The van der Waals surface area contributed by atoms with Crippen LogP contribution >= 0.6 is 0 Å². The van der Waals surface area contributed by atoms with E-state index >= 15 is 0 Å². The second kappa shape index (κ2) is 6.65. The van der Waals surface area contributed by atoms with Gasteiger partial charge in [-0.3, -0.25) is 0 Å². The topological polar surface area (TPSA) is 9.23 Å². The molecule has 1 nitrogen and oxygen atoms in total. The summed E-state index contributed by atoms with van der Waals surface area (Å²) in [6, 6.07) is 6.72. The van der Waals surface area contributed by atoms with Gasteiger partial charge in [-0.25, -0.2) is 0 Å². The van der Waals surface area contributed by atoms with Gasteiger partial charge in [-0.2, -0.15) is 0 Å². The van der Waals surface area contributed by atoms with E-state index in [2.05, 4.69) is 66.7 Å². The number of rotatable bonds is 7. The molecule has 0 saturated heterocycles. The van der Waals surface area contributed by atoms with Gasteiger partial charge in [-0.05, 0) is 41.7 Å². The number of benzene rings is 1. The molecule has 0 unspecified atom stereocenters. The van der Waals surface area contributed by atoms with Gasteiger partial charge < -0.3 is 4.74 Å². The minimum atomic E-state index is 0.136. The van der Waals surface area contributed by atoms with Crippen LogP contribution in [0.2, 0.25) is 0 Å². The quantitative estimate of drug-likeness (QED) is 0.592. The molecule has 1 aromatic carbocycles. The predicted molar refractivity (Wildman–Crippen MR) is 88.3 cm³/mol. The largest absolute Gasteiger partial charge is 0.486 e. The molecular formula is C19H31O. The summed E-state index contributed by atoms with van der Waals surface area (Å²) in [5, 5.41) is 0. The molecule has 0 aliphatic rings. The Morgan fingerprint density at radius 2 is 1.55 bits per heavy atom. The van der Waals surface area contributed by atoms with Crippen molar-refractivity contribution < 1.29 is 4.74 Å². The van der Waals surface area contributed by atoms with E-state index in [1.165, 1.54) is 11.1 Å². The van der Waals surface area contributed by atoms with Gasteiger partial charge in [0.15, 0.2) is 0 Å². The number of hydrogen-bond acceptors (Lipinski definition) is 1. The molecule has 1 radical (unpaired) electrons. The van der Waals surface area contributed by atoms with Crippen LogP contribution in [0.25, 0.3) is 0 Å². The Balaban J connectivity index is 3.29. The maximum absolute atomic E-state index is 5.85. The normalized spacial score (nSPS) is 12.6. The Hall–Kier alpha value is -0.980. The van der Waals surface area contributed by atoms with Gasteiger partial charge in [0, 0.05) is 5.56 Å². The van der Waals surface area contributed by atoms with Crippen LogP contribution in [-0.4, -0.2) is 0 Å². The van der Waals surface area contributed by atoms with Gasteiger partial charge in [0.2, 0.25) is 0 Å². The van der Waals surface area contributed by atoms with Gasteiger partial charge in [-0.15, -0.1) is 0 Å². The second-order valence-electron chi connectivity index (χ2n) is 6.88. The summed E-state index contributed by atoms with van der Waals surface area (Å²) in [6.07, 6.45) is 3.17. The highest BCUT2D eigenvalue weighted by Crippen LogP contribution is 2.38. The first-order chi connectivity index (χ1) is 9.28. The highest BCUT2D eigenvalue weighted by Gasteiger charge is 2.26. The zero-order chi connectivity index (χ0) is 15.4. The smallest absolute Gasteiger partial charge is 0.135 e. The van der Waals surface area contributed by atoms with Crippen molar-refractivity contribution in [3.8, 4) is 5.75 Å². The molecule has 0 heterocycles. The van der Waals surface area contributed by atoms with Crippen molar-refractivity contribution in [2.45, 2.75) is 78.6 Å². The van der Waals surface area contributed by atoms with Crippen molar-refractivity contribution in [3.05, 3.63) is 35.9 Å². The van der Waals surface area contributed by atoms with Gasteiger partial charge in [0.05, 0.1) is 0 Å². The molecule has 0 bridgehead atoms. The van der Waals surface area contributed by atoms with Crippen molar-refractivity contribution >= 4 is 0 Å². The third kappa shape index (κ3) is 3.77. The molecule has 0 atom stereocenters. The van der Waals surface area contributed by atoms with Crippen molar-refractivity contribution in [2.75, 3.05) is 0 Å². The van der Waals surface area contributed by atoms with Crippen LogP contribution in [-0.2, 0) is 10.8 Å². The molecule has 0 aromatic heterocycles. The zero-order valence-corrected chi connectivity index (χ0v) is 14.3. The molecule has 0 aliphatic carbocycles. The molecule has 0 aliphatic heterocycles. The highest BCUT2D eigenvalue weighted by molar-refractivity contribution is 5.44. The predicted octanol–water partition coefficient (Wildman–Crippen LogP) is 6.01. The standard InChI is InChI=1S/C19H31O/c1-8-13-20-17-12-11-15(18(4,5)9-2)14-16(17)19(6,7)10-3/h11-14H,8-10H2,1-7H3. The summed E-state index contributed by atoms with van der Waals surface area (Å²) in [5.74, 6) is 1.01. The van der Waals surface area contributed by atoms with Crippen LogP contribution in [0, 0.1) is 6.61 Å². The molecule has 20 heavy (non-hydrogen) atoms. The summed E-state index contributed by atoms with van der Waals surface area (Å²) in [4.78, 5) is 0. The summed E-state index contributed by atoms with van der Waals surface area (Å²) < 4.78 is 5.85. The zero-order valence-electron chi connectivity index (χ0n) is 14.3. The fourth-order valence-electron chi connectivity index (χ4n) is 2.15. The maximum Gasteiger partial charge on any atom is 0.135 e. The van der Waals surface area contributed by atoms with Crippen molar-refractivity contribution in [1.82, 2.24) is 0 Å². The first kappa shape index (κ1) is 17.1. The van der Waals surface area contributed by atoms with Crippen LogP contribution < -0.4 is 4.74 Å². The van der Waals surface area contributed by atoms with Crippen molar-refractivity contribution in [1.29, 1.82) is 0 Å². The molecule has 0 saturated carbocycles. The first-order valence-corrected chi connectivity index (χ1v) is 7.91. The Morgan fingerprint density at radius 1 is 0.950 bits per heavy atom. The Morgan fingerprint density at radius 3 is 2.05 bits per heavy atom. The first-order valence-electron chi connectivity index (χ1n) is 7.91. The van der Waals surface area contributed by atoms with Gasteiger partial charge in [-0.1, -0.05) is 60.6 Å². The van der Waals surface area contributed by atoms with Crippen LogP contribution in [0.4, 0.5) is 0 Å². The molecule has 1 rings (SSSR count). The number of ether oxygens (including phenoxy) is 1. The monoisotopic (exact) mass is 275 g/mol. The van der Waals surface area contributed by atoms with Crippen LogP contribution in [0.15, 0.2) is 18.2 Å². The van der Waals surface area contributed by atoms with E-state index in [4.69, 9.17) is 4.74 Å². The van der Waals surface area contributed by atoms with E-state index in [1.54, 1.807) is 0 Å². The van der Waals surface area contributed by atoms with E-state index in [1.807, 2.05) is 6.61 Å². The average Bonchev–Trinajstić information content (AvgIpc) is 2.44. The van der Waals surface area contributed by atoms with Gasteiger partial charge in [0.1, 0.15) is 12.4 Å². The fourth-order valence-corrected chi connectivity index (χ4v) is 2.15. The summed E-state index contributed by atoms with van der Waals surface area (Å²) in [5.41, 5.74) is 3.08. The van der Waals surface area contributed by atoms with E-state index in [-0.39, 0.29) is 10.8 Å². The van der Waals surface area contributed by atoms with E-state index in [9.17, 15) is 0 Å². The van der Waals surface area contributed by atoms with Gasteiger partial charge >= 0.3 is 0 Å². The Kier molecular flexibility index (Phi) is 5.68. The van der Waals surface area contributed by atoms with Crippen molar-refractivity contribution in [3.63, 3.8) is 0 Å². The molecule has 0 N–H and O–H groups in total. The lowest BCUT2D eigenvalue weighted by Crippen LogP contribution is -2.21. The molecule has 1 aromatic rings. The van der Waals surface area contributed by atoms with Crippen molar-refractivity contribution in [2.24, 2.45) is 0 Å². The van der Waals surface area contributed by atoms with E-state index in [0.29, 0.717) is 0 Å². The fraction of sp³-hybridized carbons (Fsp3) is 0.632. The SMILES string of the molecule is CC[CH]Oc1ccc(C(C)(C)CC)cc1C(C)(C)CC. The molecule has 1 heteroatoms. The lowest BCUT2D eigenvalue weighted by molar-refractivity contribution is 0.375. The van der Waals surface area contributed by atoms with Crippen LogP contribution in [0.3, 0.4) is 0 Å². The summed E-state index contributed by atoms with van der Waals surface area (Å²) in [6.45, 7) is 17.7. The molecule has 0 amide bonds. The molecular weight excluding hydrogens is 244 g/mol. The molecule has 113 valence electrons. The summed E-state index contributed by atoms with van der Waals surface area (Å²) >= 11 is 0. The lowest BCUT2D eigenvalue weighted by Gasteiger charge is -2.30. The summed E-state index contributed by atoms with van der Waals surface area (Å²) in [7, 11) is 0. The van der Waals surface area contributed by atoms with Gasteiger partial charge in [0.25, 0.3) is 0 Å². The Bertz CT molecular complexity index is 429. The molecule has 0 spiro atoms. The van der Waals surface area contributed by atoms with Crippen LogP contribution in [0.1, 0.15) is 78.9 Å². The maximum atomic E-state index is 5.85. The second-order valence-corrected chi connectivity index (χ2v) is 6.88. The third-order valence-corrected chi connectivity index (χ3v) is 4.63. The third-order valence-electron chi connectivity index (χ3n) is 4.63. The number of hydrogen-bond donors (Lipinski definition) is 0. The minimum absolute atomic E-state index is 0.136. The average molecular weight is 275 g/mol. The molecule has 0 fully saturated rings. The van der Waals surface area contributed by atoms with E-state index < -0.39 is 0 Å². The van der Waals surface area contributed by atoms with Crippen LogP contribution in [0.5, 0.6) is 5.75 Å². The minimum Gasteiger partial charge on any atom is -0.486 e. The van der Waals surface area contributed by atoms with E-state index in [0.717, 1.165) is 25.0 Å². The Labute approximate surface area is 125 Å². The lowest BCUT2D eigenvalue weighted by atomic mass is 9.76. The highest BCUT2D eigenvalue weighted by atomic mass is 16.5.